The molecule has 0 fully saturated rings. The molecule has 112 valence electrons. The predicted octanol–water partition coefficient (Wildman–Crippen LogP) is 2.14. The molecule has 0 atom stereocenters. The molecule has 1 rings (SSSR count). The Balaban J connectivity index is 2.18. The maximum Gasteiger partial charge on any atom is 0.193 e. The van der Waals surface area contributed by atoms with Gasteiger partial charge in [0.1, 0.15) is 0 Å². The molecule has 1 aromatic heterocycles. The fourth-order valence-corrected chi connectivity index (χ4v) is 2.02. The molecule has 1 aromatic rings. The van der Waals surface area contributed by atoms with Crippen molar-refractivity contribution in [2.45, 2.75) is 32.2 Å². The Kier molecular flexibility index (Phi) is 8.19. The standard InChI is InChI=1S/C15H27N5/c1-4-5-6-7-8-12-19(3)15(16-2)17-11-14-20-13-9-10-18-20/h4,9-10,13H,1,5-8,11-12,14H2,2-3H3,(H,16,17). The van der Waals surface area contributed by atoms with Gasteiger partial charge in [-0.3, -0.25) is 9.67 Å². The number of hydrogen-bond donors (Lipinski definition) is 1. The van der Waals surface area contributed by atoms with Crippen molar-refractivity contribution in [1.82, 2.24) is 20.0 Å². The van der Waals surface area contributed by atoms with Gasteiger partial charge in [-0.15, -0.1) is 6.58 Å². The number of aliphatic imine (C=N–C) groups is 1. The maximum absolute atomic E-state index is 4.31. The summed E-state index contributed by atoms with van der Waals surface area (Å²) >= 11 is 0. The summed E-state index contributed by atoms with van der Waals surface area (Å²) in [5.41, 5.74) is 0. The number of aromatic nitrogens is 2. The number of hydrogen-bond acceptors (Lipinski definition) is 2. The van der Waals surface area contributed by atoms with E-state index in [1.54, 1.807) is 6.20 Å². The van der Waals surface area contributed by atoms with E-state index in [0.717, 1.165) is 32.0 Å². The summed E-state index contributed by atoms with van der Waals surface area (Å²) in [7, 11) is 3.90. The molecule has 0 aliphatic rings. The predicted molar refractivity (Wildman–Crippen MR) is 84.9 cm³/mol. The van der Waals surface area contributed by atoms with Gasteiger partial charge >= 0.3 is 0 Å². The monoisotopic (exact) mass is 277 g/mol. The van der Waals surface area contributed by atoms with Crippen molar-refractivity contribution in [1.29, 1.82) is 0 Å². The smallest absolute Gasteiger partial charge is 0.193 e. The van der Waals surface area contributed by atoms with Gasteiger partial charge in [-0.25, -0.2) is 0 Å². The molecule has 5 nitrogen and oxygen atoms in total. The van der Waals surface area contributed by atoms with E-state index in [4.69, 9.17) is 0 Å². The Bertz CT molecular complexity index is 383. The number of rotatable bonds is 9. The average Bonchev–Trinajstić information content (AvgIpc) is 2.96. The Labute approximate surface area is 122 Å². The first-order valence-electron chi connectivity index (χ1n) is 7.28. The number of guanidine groups is 1. The van der Waals surface area contributed by atoms with Crippen molar-refractivity contribution in [3.8, 4) is 0 Å². The van der Waals surface area contributed by atoms with E-state index < -0.39 is 0 Å². The number of nitrogens with zero attached hydrogens (tertiary/aromatic N) is 4. The first kappa shape index (κ1) is 16.3. The molecule has 0 saturated carbocycles. The summed E-state index contributed by atoms with van der Waals surface area (Å²) in [6, 6.07) is 1.93. The van der Waals surface area contributed by atoms with Gasteiger partial charge in [-0.2, -0.15) is 5.10 Å². The maximum atomic E-state index is 4.31. The summed E-state index contributed by atoms with van der Waals surface area (Å²) < 4.78 is 1.91. The van der Waals surface area contributed by atoms with Crippen LogP contribution in [-0.2, 0) is 6.54 Å². The fraction of sp³-hybridized carbons (Fsp3) is 0.600. The highest BCUT2D eigenvalue weighted by Crippen LogP contribution is 2.01. The van der Waals surface area contributed by atoms with Crippen molar-refractivity contribution >= 4 is 5.96 Å². The molecule has 0 aliphatic heterocycles. The van der Waals surface area contributed by atoms with Gasteiger partial charge in [0.2, 0.25) is 0 Å². The third-order valence-electron chi connectivity index (χ3n) is 3.16. The average molecular weight is 277 g/mol. The summed E-state index contributed by atoms with van der Waals surface area (Å²) in [5, 5.41) is 7.54. The van der Waals surface area contributed by atoms with Crippen LogP contribution in [0.3, 0.4) is 0 Å². The van der Waals surface area contributed by atoms with Gasteiger partial charge in [-0.1, -0.05) is 12.5 Å². The van der Waals surface area contributed by atoms with Crippen molar-refractivity contribution < 1.29 is 0 Å². The number of allylic oxidation sites excluding steroid dienone is 1. The minimum Gasteiger partial charge on any atom is -0.354 e. The molecule has 0 amide bonds. The Morgan fingerprint density at radius 2 is 2.30 bits per heavy atom. The Morgan fingerprint density at radius 1 is 1.45 bits per heavy atom. The third kappa shape index (κ3) is 6.41. The normalized spacial score (nSPS) is 11.4. The highest BCUT2D eigenvalue weighted by Gasteiger charge is 2.04. The lowest BCUT2D eigenvalue weighted by atomic mass is 10.2. The van der Waals surface area contributed by atoms with Gasteiger partial charge in [0.25, 0.3) is 0 Å². The summed E-state index contributed by atoms with van der Waals surface area (Å²) in [4.78, 5) is 6.49. The van der Waals surface area contributed by atoms with Gasteiger partial charge in [0.05, 0.1) is 6.54 Å². The van der Waals surface area contributed by atoms with E-state index >= 15 is 0 Å². The molecule has 0 radical (unpaired) electrons. The van der Waals surface area contributed by atoms with Crippen molar-refractivity contribution in [2.24, 2.45) is 4.99 Å². The molecule has 5 heteroatoms. The zero-order chi connectivity index (χ0) is 14.6. The number of unbranched alkanes of at least 4 members (excludes halogenated alkanes) is 3. The summed E-state index contributed by atoms with van der Waals surface area (Å²) in [6.45, 7) is 6.44. The van der Waals surface area contributed by atoms with E-state index in [1.807, 2.05) is 30.1 Å². The van der Waals surface area contributed by atoms with E-state index in [1.165, 1.54) is 19.3 Å². The molecular weight excluding hydrogens is 250 g/mol. The lowest BCUT2D eigenvalue weighted by Gasteiger charge is -2.22. The van der Waals surface area contributed by atoms with Crippen LogP contribution in [0.5, 0.6) is 0 Å². The first-order valence-corrected chi connectivity index (χ1v) is 7.28. The molecule has 0 spiro atoms. The van der Waals surface area contributed by atoms with Crippen LogP contribution >= 0.6 is 0 Å². The second-order valence-corrected chi connectivity index (χ2v) is 4.80. The fourth-order valence-electron chi connectivity index (χ4n) is 2.02. The molecular formula is C15H27N5. The topological polar surface area (TPSA) is 45.5 Å². The van der Waals surface area contributed by atoms with Gasteiger partial charge < -0.3 is 10.2 Å². The molecule has 0 unspecified atom stereocenters. The SMILES string of the molecule is C=CCCCCCN(C)C(=NC)NCCn1cccn1. The molecule has 1 heterocycles. The van der Waals surface area contributed by atoms with Crippen molar-refractivity contribution in [2.75, 3.05) is 27.2 Å². The van der Waals surface area contributed by atoms with E-state index in [2.05, 4.69) is 33.9 Å². The zero-order valence-electron chi connectivity index (χ0n) is 12.8. The van der Waals surface area contributed by atoms with E-state index in [9.17, 15) is 0 Å². The third-order valence-corrected chi connectivity index (χ3v) is 3.16. The lowest BCUT2D eigenvalue weighted by molar-refractivity contribution is 0.451. The van der Waals surface area contributed by atoms with Crippen molar-refractivity contribution in [3.05, 3.63) is 31.1 Å². The lowest BCUT2D eigenvalue weighted by Crippen LogP contribution is -2.40. The molecule has 0 saturated heterocycles. The summed E-state index contributed by atoms with van der Waals surface area (Å²) in [6.07, 6.45) is 10.5. The highest BCUT2D eigenvalue weighted by molar-refractivity contribution is 5.79. The summed E-state index contributed by atoms with van der Waals surface area (Å²) in [5.74, 6) is 0.945. The van der Waals surface area contributed by atoms with Crippen LogP contribution in [0.1, 0.15) is 25.7 Å². The Morgan fingerprint density at radius 3 is 2.95 bits per heavy atom. The van der Waals surface area contributed by atoms with Crippen LogP contribution in [0, 0.1) is 0 Å². The van der Waals surface area contributed by atoms with Crippen LogP contribution < -0.4 is 5.32 Å². The molecule has 1 N–H and O–H groups in total. The van der Waals surface area contributed by atoms with E-state index in [-0.39, 0.29) is 0 Å². The molecule has 0 aromatic carbocycles. The first-order chi connectivity index (χ1) is 9.77. The quantitative estimate of drug-likeness (QED) is 0.325. The zero-order valence-corrected chi connectivity index (χ0v) is 12.8. The van der Waals surface area contributed by atoms with Gasteiger partial charge in [0.15, 0.2) is 5.96 Å². The van der Waals surface area contributed by atoms with Crippen LogP contribution in [0.4, 0.5) is 0 Å². The van der Waals surface area contributed by atoms with Crippen LogP contribution in [0.2, 0.25) is 0 Å². The molecule has 20 heavy (non-hydrogen) atoms. The second kappa shape index (κ2) is 10.1. The van der Waals surface area contributed by atoms with Gasteiger partial charge in [-0.05, 0) is 25.3 Å². The molecule has 0 aliphatic carbocycles. The van der Waals surface area contributed by atoms with Gasteiger partial charge in [0, 0.05) is 39.6 Å². The van der Waals surface area contributed by atoms with Crippen LogP contribution in [0.15, 0.2) is 36.1 Å². The van der Waals surface area contributed by atoms with Crippen LogP contribution in [-0.4, -0.2) is 47.8 Å². The van der Waals surface area contributed by atoms with Crippen LogP contribution in [0.25, 0.3) is 0 Å². The molecule has 0 bridgehead atoms. The largest absolute Gasteiger partial charge is 0.354 e. The second-order valence-electron chi connectivity index (χ2n) is 4.80. The minimum atomic E-state index is 0.829. The Hall–Kier alpha value is -1.78. The number of nitrogens with one attached hydrogen (secondary N) is 1. The minimum absolute atomic E-state index is 0.829. The van der Waals surface area contributed by atoms with Crippen molar-refractivity contribution in [3.63, 3.8) is 0 Å². The highest BCUT2D eigenvalue weighted by atomic mass is 15.3. The van der Waals surface area contributed by atoms with E-state index in [0.29, 0.717) is 0 Å².